The minimum Gasteiger partial charge on any atom is -0.379 e. The van der Waals surface area contributed by atoms with Crippen LogP contribution in [0.4, 0.5) is 0 Å². The highest BCUT2D eigenvalue weighted by atomic mass is 16.5. The van der Waals surface area contributed by atoms with Crippen LogP contribution in [0, 0.1) is 19.8 Å². The van der Waals surface area contributed by atoms with E-state index in [0.29, 0.717) is 31.7 Å². The number of benzene rings is 1. The molecule has 1 aliphatic rings. The number of H-pyrrole nitrogens is 1. The number of fused-ring (bicyclic) bond motifs is 1. The Morgan fingerprint density at radius 1 is 1.23 bits per heavy atom. The van der Waals surface area contributed by atoms with Gasteiger partial charge in [0, 0.05) is 35.3 Å². The highest BCUT2D eigenvalue weighted by Gasteiger charge is 2.30. The molecule has 2 aromatic heterocycles. The van der Waals surface area contributed by atoms with E-state index in [1.165, 1.54) is 5.56 Å². The smallest absolute Gasteiger partial charge is 0.345 e. The van der Waals surface area contributed by atoms with E-state index in [4.69, 9.17) is 4.74 Å². The van der Waals surface area contributed by atoms with E-state index in [1.807, 2.05) is 37.4 Å². The summed E-state index contributed by atoms with van der Waals surface area (Å²) >= 11 is 0. The maximum atomic E-state index is 12.6. The van der Waals surface area contributed by atoms with Crippen LogP contribution in [0.5, 0.6) is 0 Å². The number of para-hydroxylation sites is 1. The number of aromatic nitrogens is 3. The molecule has 7 nitrogen and oxygen atoms in total. The van der Waals surface area contributed by atoms with Crippen molar-refractivity contribution >= 4 is 16.8 Å². The predicted molar refractivity (Wildman–Crippen MR) is 114 cm³/mol. The fraction of sp³-hybridized carbons (Fsp3) is 0.391. The van der Waals surface area contributed by atoms with Gasteiger partial charge in [0.2, 0.25) is 5.91 Å². The Labute approximate surface area is 174 Å². The summed E-state index contributed by atoms with van der Waals surface area (Å²) in [6.07, 6.45) is 3.55. The Bertz CT molecular complexity index is 1090. The largest absolute Gasteiger partial charge is 0.379 e. The van der Waals surface area contributed by atoms with Gasteiger partial charge in [0.05, 0.1) is 24.8 Å². The average molecular weight is 406 g/mol. The molecule has 1 aliphatic heterocycles. The van der Waals surface area contributed by atoms with Crippen LogP contribution in [-0.4, -0.2) is 40.1 Å². The summed E-state index contributed by atoms with van der Waals surface area (Å²) < 4.78 is 5.69. The molecule has 156 valence electrons. The number of nitrogens with zero attached hydrogens (tertiary/aromatic N) is 2. The van der Waals surface area contributed by atoms with Gasteiger partial charge in [-0.2, -0.15) is 4.98 Å². The predicted octanol–water partition coefficient (Wildman–Crippen LogP) is 2.24. The molecule has 1 amide bonds. The van der Waals surface area contributed by atoms with E-state index in [-0.39, 0.29) is 23.6 Å². The van der Waals surface area contributed by atoms with Crippen LogP contribution in [0.25, 0.3) is 10.9 Å². The Balaban J connectivity index is 1.39. The van der Waals surface area contributed by atoms with Gasteiger partial charge in [-0.05, 0) is 49.9 Å². The number of nitrogens with one attached hydrogen (secondary N) is 2. The summed E-state index contributed by atoms with van der Waals surface area (Å²) in [5, 5.41) is 4.29. The monoisotopic (exact) mass is 406 g/mol. The van der Waals surface area contributed by atoms with Crippen LogP contribution in [0.15, 0.2) is 41.3 Å². The highest BCUT2D eigenvalue weighted by Crippen LogP contribution is 2.24. The first-order valence-corrected chi connectivity index (χ1v) is 10.3. The zero-order chi connectivity index (χ0) is 21.1. The maximum Gasteiger partial charge on any atom is 0.345 e. The molecule has 0 saturated carbocycles. The van der Waals surface area contributed by atoms with Crippen LogP contribution in [0.2, 0.25) is 0 Å². The van der Waals surface area contributed by atoms with Crippen LogP contribution in [0.1, 0.15) is 28.9 Å². The summed E-state index contributed by atoms with van der Waals surface area (Å²) in [6.45, 7) is 4.79. The number of rotatable bonds is 6. The summed E-state index contributed by atoms with van der Waals surface area (Å²) in [7, 11) is 0. The van der Waals surface area contributed by atoms with E-state index in [1.54, 1.807) is 6.92 Å². The molecule has 3 aromatic rings. The molecule has 4 rings (SSSR count). The Kier molecular flexibility index (Phi) is 5.90. The van der Waals surface area contributed by atoms with Crippen molar-refractivity contribution in [2.24, 2.45) is 5.92 Å². The van der Waals surface area contributed by atoms with Gasteiger partial charge >= 0.3 is 5.69 Å². The van der Waals surface area contributed by atoms with Gasteiger partial charge in [0.15, 0.2) is 0 Å². The van der Waals surface area contributed by atoms with Gasteiger partial charge in [0.25, 0.3) is 0 Å². The third-order valence-corrected chi connectivity index (χ3v) is 5.82. The van der Waals surface area contributed by atoms with Crippen LogP contribution in [0.3, 0.4) is 0 Å². The molecule has 0 spiro atoms. The van der Waals surface area contributed by atoms with Crippen molar-refractivity contribution < 1.29 is 9.53 Å². The minimum atomic E-state index is -0.354. The van der Waals surface area contributed by atoms with Gasteiger partial charge in [0.1, 0.15) is 0 Å². The second-order valence-corrected chi connectivity index (χ2v) is 7.89. The summed E-state index contributed by atoms with van der Waals surface area (Å²) in [5.74, 6) is 0.207. The van der Waals surface area contributed by atoms with E-state index in [0.717, 1.165) is 28.6 Å². The zero-order valence-corrected chi connectivity index (χ0v) is 17.3. The lowest BCUT2D eigenvalue weighted by atomic mass is 9.93. The molecule has 1 fully saturated rings. The first-order chi connectivity index (χ1) is 14.5. The standard InChI is InChI=1S/C23H26N4O3/c1-14-18(15(2)26-23(29)25-14)7-8-22(28)27-21-13-30-12-17(21)11-16-9-10-24-20-6-4-3-5-19(16)20/h3-6,9-10,17,21H,7-8,11-13H2,1-2H3,(H,27,28)(H,25,26,29)/t17-,21+/m1/s1. The van der Waals surface area contributed by atoms with Crippen LogP contribution >= 0.6 is 0 Å². The molecule has 3 heterocycles. The zero-order valence-electron chi connectivity index (χ0n) is 17.3. The number of hydrogen-bond acceptors (Lipinski definition) is 5. The van der Waals surface area contributed by atoms with Crippen molar-refractivity contribution in [2.45, 2.75) is 39.2 Å². The van der Waals surface area contributed by atoms with E-state index in [9.17, 15) is 9.59 Å². The van der Waals surface area contributed by atoms with Crippen LogP contribution in [-0.2, 0) is 22.4 Å². The number of aromatic amines is 1. The quantitative estimate of drug-likeness (QED) is 0.654. The van der Waals surface area contributed by atoms with Crippen LogP contribution < -0.4 is 11.0 Å². The fourth-order valence-electron chi connectivity index (χ4n) is 4.22. The number of amides is 1. The van der Waals surface area contributed by atoms with E-state index < -0.39 is 0 Å². The molecule has 7 heteroatoms. The number of carbonyl (C=O) groups excluding carboxylic acids is 1. The number of pyridine rings is 1. The van der Waals surface area contributed by atoms with E-state index in [2.05, 4.69) is 26.3 Å². The van der Waals surface area contributed by atoms with Gasteiger partial charge in [-0.3, -0.25) is 9.78 Å². The third kappa shape index (κ3) is 4.41. The summed E-state index contributed by atoms with van der Waals surface area (Å²) in [6, 6.07) is 10.1. The Morgan fingerprint density at radius 2 is 2.07 bits per heavy atom. The highest BCUT2D eigenvalue weighted by molar-refractivity contribution is 5.82. The van der Waals surface area contributed by atoms with Gasteiger partial charge < -0.3 is 15.0 Å². The molecule has 0 radical (unpaired) electrons. The molecule has 0 aliphatic carbocycles. The molecule has 2 atom stereocenters. The molecular weight excluding hydrogens is 380 g/mol. The van der Waals surface area contributed by atoms with Gasteiger partial charge in [-0.15, -0.1) is 0 Å². The van der Waals surface area contributed by atoms with Crippen molar-refractivity contribution in [3.8, 4) is 0 Å². The van der Waals surface area contributed by atoms with Gasteiger partial charge in [-0.1, -0.05) is 18.2 Å². The Morgan fingerprint density at radius 3 is 2.90 bits per heavy atom. The van der Waals surface area contributed by atoms with E-state index >= 15 is 0 Å². The van der Waals surface area contributed by atoms with Crippen molar-refractivity contribution in [1.82, 2.24) is 20.3 Å². The maximum absolute atomic E-state index is 12.6. The van der Waals surface area contributed by atoms with Crippen molar-refractivity contribution in [3.63, 3.8) is 0 Å². The number of carbonyl (C=O) groups is 1. The lowest BCUT2D eigenvalue weighted by molar-refractivity contribution is -0.122. The Hall–Kier alpha value is -3.06. The topological polar surface area (TPSA) is 97.0 Å². The van der Waals surface area contributed by atoms with Crippen molar-refractivity contribution in [3.05, 3.63) is 69.5 Å². The first kappa shape index (κ1) is 20.2. The molecular formula is C23H26N4O3. The molecule has 0 unspecified atom stereocenters. The average Bonchev–Trinajstić information content (AvgIpc) is 3.14. The summed E-state index contributed by atoms with van der Waals surface area (Å²) in [5.41, 5.74) is 4.22. The lowest BCUT2D eigenvalue weighted by Crippen LogP contribution is -2.40. The first-order valence-electron chi connectivity index (χ1n) is 10.3. The second-order valence-electron chi connectivity index (χ2n) is 7.89. The normalized spacial score (nSPS) is 18.6. The molecule has 30 heavy (non-hydrogen) atoms. The fourth-order valence-corrected chi connectivity index (χ4v) is 4.22. The molecule has 2 N–H and O–H groups in total. The molecule has 0 bridgehead atoms. The van der Waals surface area contributed by atoms with Crippen molar-refractivity contribution in [1.29, 1.82) is 0 Å². The number of hydrogen-bond donors (Lipinski definition) is 2. The number of ether oxygens (including phenoxy) is 1. The lowest BCUT2D eigenvalue weighted by Gasteiger charge is -2.20. The van der Waals surface area contributed by atoms with Gasteiger partial charge in [-0.25, -0.2) is 4.79 Å². The molecule has 1 saturated heterocycles. The summed E-state index contributed by atoms with van der Waals surface area (Å²) in [4.78, 5) is 35.1. The van der Waals surface area contributed by atoms with Crippen molar-refractivity contribution in [2.75, 3.05) is 13.2 Å². The third-order valence-electron chi connectivity index (χ3n) is 5.82. The SMILES string of the molecule is Cc1nc(=O)[nH]c(C)c1CCC(=O)N[C@H]1COC[C@H]1Cc1ccnc2ccccc12. The second kappa shape index (κ2) is 8.75. The minimum absolute atomic E-state index is 0.0136. The molecule has 1 aromatic carbocycles. The number of aryl methyl sites for hydroxylation is 2.